The fourth-order valence-corrected chi connectivity index (χ4v) is 4.60. The molecule has 0 atom stereocenters. The molecule has 4 aromatic rings. The maximum absolute atomic E-state index is 6.06. The van der Waals surface area contributed by atoms with Gasteiger partial charge in [-0.1, -0.05) is 49.1 Å². The summed E-state index contributed by atoms with van der Waals surface area (Å²) in [5.41, 5.74) is 5.66. The first-order valence-corrected chi connectivity index (χ1v) is 10.9. The van der Waals surface area contributed by atoms with E-state index in [0.29, 0.717) is 10.9 Å². The van der Waals surface area contributed by atoms with Gasteiger partial charge in [-0.05, 0) is 55.7 Å². The van der Waals surface area contributed by atoms with Crippen LogP contribution in [0.15, 0.2) is 60.9 Å². The Morgan fingerprint density at radius 1 is 0.967 bits per heavy atom. The molecule has 0 spiro atoms. The molecule has 0 N–H and O–H groups in total. The van der Waals surface area contributed by atoms with Crippen LogP contribution in [0.25, 0.3) is 16.8 Å². The zero-order valence-electron chi connectivity index (χ0n) is 17.0. The molecule has 5 heteroatoms. The third-order valence-corrected chi connectivity index (χ3v) is 6.16. The molecule has 1 saturated carbocycles. The van der Waals surface area contributed by atoms with Gasteiger partial charge in [0.2, 0.25) is 0 Å². The van der Waals surface area contributed by atoms with Crippen molar-refractivity contribution >= 4 is 17.2 Å². The van der Waals surface area contributed by atoms with E-state index < -0.39 is 0 Å². The van der Waals surface area contributed by atoms with E-state index in [4.69, 9.17) is 21.3 Å². The summed E-state index contributed by atoms with van der Waals surface area (Å²) in [4.78, 5) is 4.73. The van der Waals surface area contributed by atoms with Crippen molar-refractivity contribution in [2.75, 3.05) is 0 Å². The van der Waals surface area contributed by atoms with Crippen molar-refractivity contribution < 1.29 is 4.74 Å². The number of hydrogen-bond donors (Lipinski definition) is 0. The maximum Gasteiger partial charge on any atom is 0.158 e. The van der Waals surface area contributed by atoms with Crippen LogP contribution in [0.3, 0.4) is 0 Å². The Morgan fingerprint density at radius 2 is 1.77 bits per heavy atom. The van der Waals surface area contributed by atoms with E-state index in [2.05, 4.69) is 28.7 Å². The number of rotatable bonds is 4. The predicted octanol–water partition coefficient (Wildman–Crippen LogP) is 7.20. The molecule has 4 nitrogen and oxygen atoms in total. The molecule has 0 unspecified atom stereocenters. The van der Waals surface area contributed by atoms with Crippen LogP contribution in [0.2, 0.25) is 5.02 Å². The van der Waals surface area contributed by atoms with E-state index in [0.717, 1.165) is 33.8 Å². The lowest BCUT2D eigenvalue weighted by molar-refractivity contribution is 0.431. The van der Waals surface area contributed by atoms with E-state index in [1.165, 1.54) is 37.8 Å². The summed E-state index contributed by atoms with van der Waals surface area (Å²) >= 11 is 6.06. The van der Waals surface area contributed by atoms with Crippen molar-refractivity contribution in [3.63, 3.8) is 0 Å². The second-order valence-electron chi connectivity index (χ2n) is 8.04. The Labute approximate surface area is 181 Å². The van der Waals surface area contributed by atoms with Gasteiger partial charge in [-0.25, -0.2) is 9.50 Å². The normalized spacial score (nSPS) is 14.9. The van der Waals surface area contributed by atoms with Crippen molar-refractivity contribution in [3.05, 3.63) is 77.2 Å². The number of halogens is 1. The highest BCUT2D eigenvalue weighted by Crippen LogP contribution is 2.38. The number of aromatic nitrogens is 3. The SMILES string of the molecule is Cc1cnn2c(C3CCCCC3)c(-c3ccc(Oc4cccc(Cl)c4)cc3)cnc12. The molecule has 1 aliphatic carbocycles. The molecule has 5 rings (SSSR count). The van der Waals surface area contributed by atoms with Crippen LogP contribution in [0.5, 0.6) is 11.5 Å². The van der Waals surface area contributed by atoms with Gasteiger partial charge < -0.3 is 4.74 Å². The molecule has 2 aromatic carbocycles. The quantitative estimate of drug-likeness (QED) is 0.352. The van der Waals surface area contributed by atoms with Gasteiger partial charge in [0.1, 0.15) is 11.5 Å². The second kappa shape index (κ2) is 8.11. The number of hydrogen-bond acceptors (Lipinski definition) is 3. The van der Waals surface area contributed by atoms with Crippen LogP contribution in [0.1, 0.15) is 49.3 Å². The summed E-state index contributed by atoms with van der Waals surface area (Å²) < 4.78 is 8.02. The lowest BCUT2D eigenvalue weighted by atomic mass is 9.84. The topological polar surface area (TPSA) is 39.4 Å². The Morgan fingerprint density at radius 3 is 2.53 bits per heavy atom. The fraction of sp³-hybridized carbons (Fsp3) is 0.280. The highest BCUT2D eigenvalue weighted by molar-refractivity contribution is 6.30. The monoisotopic (exact) mass is 417 g/mol. The standard InChI is InChI=1S/C25H24ClN3O/c1-17-15-28-29-24(19-6-3-2-4-7-19)23(16-27-25(17)29)18-10-12-21(13-11-18)30-22-9-5-8-20(26)14-22/h5,8-16,19H,2-4,6-7H2,1H3. The average molecular weight is 418 g/mol. The van der Waals surface area contributed by atoms with Crippen LogP contribution in [0, 0.1) is 6.92 Å². The third kappa shape index (κ3) is 3.68. The lowest BCUT2D eigenvalue weighted by Crippen LogP contribution is -2.12. The van der Waals surface area contributed by atoms with Gasteiger partial charge in [-0.3, -0.25) is 0 Å². The second-order valence-corrected chi connectivity index (χ2v) is 8.48. The Bertz CT molecular complexity index is 1180. The summed E-state index contributed by atoms with van der Waals surface area (Å²) in [6.45, 7) is 2.07. The number of fused-ring (bicyclic) bond motifs is 1. The van der Waals surface area contributed by atoms with Crippen molar-refractivity contribution in [1.82, 2.24) is 14.6 Å². The van der Waals surface area contributed by atoms with Crippen LogP contribution in [-0.4, -0.2) is 14.6 Å². The zero-order valence-corrected chi connectivity index (χ0v) is 17.8. The molecule has 0 amide bonds. The minimum atomic E-state index is 0.515. The van der Waals surface area contributed by atoms with Gasteiger partial charge in [0.05, 0.1) is 11.9 Å². The van der Waals surface area contributed by atoms with E-state index >= 15 is 0 Å². The highest BCUT2D eigenvalue weighted by Gasteiger charge is 2.23. The number of ether oxygens (including phenoxy) is 1. The van der Waals surface area contributed by atoms with Crippen LogP contribution >= 0.6 is 11.6 Å². The average Bonchev–Trinajstić information content (AvgIpc) is 3.15. The smallest absolute Gasteiger partial charge is 0.158 e. The van der Waals surface area contributed by atoms with Crippen LogP contribution < -0.4 is 4.74 Å². The Hall–Kier alpha value is -2.85. The molecule has 2 heterocycles. The number of aryl methyl sites for hydroxylation is 1. The van der Waals surface area contributed by atoms with Crippen LogP contribution in [-0.2, 0) is 0 Å². The van der Waals surface area contributed by atoms with Gasteiger partial charge in [0.25, 0.3) is 0 Å². The van der Waals surface area contributed by atoms with Gasteiger partial charge in [-0.2, -0.15) is 5.10 Å². The minimum absolute atomic E-state index is 0.515. The van der Waals surface area contributed by atoms with Crippen molar-refractivity contribution in [1.29, 1.82) is 0 Å². The first kappa shape index (κ1) is 19.1. The Kier molecular flexibility index (Phi) is 5.17. The first-order valence-electron chi connectivity index (χ1n) is 10.6. The third-order valence-electron chi connectivity index (χ3n) is 5.93. The molecule has 1 aliphatic rings. The van der Waals surface area contributed by atoms with E-state index in [-0.39, 0.29) is 0 Å². The fourth-order valence-electron chi connectivity index (χ4n) is 4.42. The van der Waals surface area contributed by atoms with E-state index in [9.17, 15) is 0 Å². The molecule has 0 radical (unpaired) electrons. The summed E-state index contributed by atoms with van der Waals surface area (Å²) in [6, 6.07) is 15.6. The minimum Gasteiger partial charge on any atom is -0.457 e. The molecule has 30 heavy (non-hydrogen) atoms. The number of nitrogens with zero attached hydrogens (tertiary/aromatic N) is 3. The molecule has 0 bridgehead atoms. The van der Waals surface area contributed by atoms with Crippen molar-refractivity contribution in [2.45, 2.75) is 44.9 Å². The van der Waals surface area contributed by atoms with Gasteiger partial charge >= 0.3 is 0 Å². The number of benzene rings is 2. The van der Waals surface area contributed by atoms with Crippen molar-refractivity contribution in [3.8, 4) is 22.6 Å². The van der Waals surface area contributed by atoms with Gasteiger partial charge in [0.15, 0.2) is 5.65 Å². The summed E-state index contributed by atoms with van der Waals surface area (Å²) in [5, 5.41) is 5.34. The largest absolute Gasteiger partial charge is 0.457 e. The molecular weight excluding hydrogens is 394 g/mol. The van der Waals surface area contributed by atoms with E-state index in [1.54, 1.807) is 0 Å². The lowest BCUT2D eigenvalue weighted by Gasteiger charge is -2.25. The predicted molar refractivity (Wildman–Crippen MR) is 121 cm³/mol. The Balaban J connectivity index is 1.52. The zero-order chi connectivity index (χ0) is 20.5. The highest BCUT2D eigenvalue weighted by atomic mass is 35.5. The summed E-state index contributed by atoms with van der Waals surface area (Å²) in [5.74, 6) is 2.03. The van der Waals surface area contributed by atoms with Crippen molar-refractivity contribution in [2.24, 2.45) is 0 Å². The first-order chi connectivity index (χ1) is 14.7. The molecule has 2 aromatic heterocycles. The maximum atomic E-state index is 6.06. The van der Waals surface area contributed by atoms with Gasteiger partial charge in [0, 0.05) is 28.3 Å². The molecule has 152 valence electrons. The van der Waals surface area contributed by atoms with E-state index in [1.807, 2.05) is 48.8 Å². The van der Waals surface area contributed by atoms with Gasteiger partial charge in [-0.15, -0.1) is 0 Å². The molecule has 1 fully saturated rings. The summed E-state index contributed by atoms with van der Waals surface area (Å²) in [6.07, 6.45) is 10.2. The van der Waals surface area contributed by atoms with Crippen LogP contribution in [0.4, 0.5) is 0 Å². The molecular formula is C25H24ClN3O. The molecule has 0 saturated heterocycles. The molecule has 0 aliphatic heterocycles. The summed E-state index contributed by atoms with van der Waals surface area (Å²) in [7, 11) is 0.